The lowest BCUT2D eigenvalue weighted by Crippen LogP contribution is -2.01. The molecule has 18 heavy (non-hydrogen) atoms. The molecule has 1 aromatic carbocycles. The Kier molecular flexibility index (Phi) is 4.11. The number of nitrogens with zero attached hydrogens (tertiary/aromatic N) is 1. The van der Waals surface area contributed by atoms with Crippen LogP contribution in [0, 0.1) is 0 Å². The number of hydrogen-bond donors (Lipinski definition) is 0. The van der Waals surface area contributed by atoms with Crippen LogP contribution >= 0.6 is 11.6 Å². The molecule has 0 saturated heterocycles. The maximum atomic E-state index is 12.1. The molecule has 0 spiro atoms. The standard InChI is InChI=1S/C15H14ClNO/c1-2-3-11-4-6-12(7-5-11)15(18)13-8-9-14(16)17-10-13/h4-10H,2-3H2,1H3. The van der Waals surface area contributed by atoms with E-state index in [1.165, 1.54) is 11.8 Å². The minimum atomic E-state index is -0.0257. The molecule has 0 aliphatic heterocycles. The van der Waals surface area contributed by atoms with Crippen LogP contribution in [0.2, 0.25) is 5.15 Å². The number of aryl methyl sites for hydroxylation is 1. The lowest BCUT2D eigenvalue weighted by molar-refractivity contribution is 0.103. The van der Waals surface area contributed by atoms with Crippen molar-refractivity contribution in [3.63, 3.8) is 0 Å². The Morgan fingerprint density at radius 1 is 1.11 bits per heavy atom. The topological polar surface area (TPSA) is 30.0 Å². The third-order valence-electron chi connectivity index (χ3n) is 2.74. The van der Waals surface area contributed by atoms with Gasteiger partial charge in [0.2, 0.25) is 0 Å². The van der Waals surface area contributed by atoms with E-state index in [1.54, 1.807) is 12.1 Å². The summed E-state index contributed by atoms with van der Waals surface area (Å²) in [5, 5.41) is 0.393. The van der Waals surface area contributed by atoms with Crippen molar-refractivity contribution in [1.82, 2.24) is 4.98 Å². The number of aromatic nitrogens is 1. The first-order chi connectivity index (χ1) is 8.70. The Bertz CT molecular complexity index is 531. The van der Waals surface area contributed by atoms with Gasteiger partial charge in [0.25, 0.3) is 0 Å². The highest BCUT2D eigenvalue weighted by Crippen LogP contribution is 2.13. The Labute approximate surface area is 112 Å². The minimum Gasteiger partial charge on any atom is -0.289 e. The van der Waals surface area contributed by atoms with Crippen LogP contribution in [0.4, 0.5) is 0 Å². The summed E-state index contributed by atoms with van der Waals surface area (Å²) in [6.07, 6.45) is 3.65. The quantitative estimate of drug-likeness (QED) is 0.615. The van der Waals surface area contributed by atoms with Crippen molar-refractivity contribution in [2.75, 3.05) is 0 Å². The summed E-state index contributed by atoms with van der Waals surface area (Å²) in [7, 11) is 0. The highest BCUT2D eigenvalue weighted by atomic mass is 35.5. The van der Waals surface area contributed by atoms with Crippen molar-refractivity contribution in [2.45, 2.75) is 19.8 Å². The number of benzene rings is 1. The summed E-state index contributed by atoms with van der Waals surface area (Å²) in [6, 6.07) is 11.0. The molecule has 2 aromatic rings. The van der Waals surface area contributed by atoms with Crippen molar-refractivity contribution < 1.29 is 4.79 Å². The second kappa shape index (κ2) is 5.78. The average Bonchev–Trinajstić information content (AvgIpc) is 2.40. The third-order valence-corrected chi connectivity index (χ3v) is 2.97. The zero-order chi connectivity index (χ0) is 13.0. The molecular weight excluding hydrogens is 246 g/mol. The molecule has 2 nitrogen and oxygen atoms in total. The highest BCUT2D eigenvalue weighted by Gasteiger charge is 2.09. The van der Waals surface area contributed by atoms with E-state index in [2.05, 4.69) is 11.9 Å². The van der Waals surface area contributed by atoms with Gasteiger partial charge >= 0.3 is 0 Å². The maximum absolute atomic E-state index is 12.1. The molecule has 1 aromatic heterocycles. The zero-order valence-electron chi connectivity index (χ0n) is 10.2. The molecule has 0 atom stereocenters. The molecule has 92 valence electrons. The fourth-order valence-electron chi connectivity index (χ4n) is 1.79. The fourth-order valence-corrected chi connectivity index (χ4v) is 1.90. The average molecular weight is 260 g/mol. The van der Waals surface area contributed by atoms with Gasteiger partial charge in [-0.05, 0) is 24.1 Å². The molecule has 0 aliphatic rings. The first-order valence-corrected chi connectivity index (χ1v) is 6.33. The van der Waals surface area contributed by atoms with E-state index < -0.39 is 0 Å². The van der Waals surface area contributed by atoms with Gasteiger partial charge in [-0.3, -0.25) is 4.79 Å². The van der Waals surface area contributed by atoms with Crippen molar-refractivity contribution in [2.24, 2.45) is 0 Å². The van der Waals surface area contributed by atoms with E-state index in [1.807, 2.05) is 24.3 Å². The van der Waals surface area contributed by atoms with Crippen LogP contribution in [0.15, 0.2) is 42.6 Å². The van der Waals surface area contributed by atoms with E-state index >= 15 is 0 Å². The predicted octanol–water partition coefficient (Wildman–Crippen LogP) is 3.92. The van der Waals surface area contributed by atoms with Crippen LogP contribution in [-0.2, 0) is 6.42 Å². The van der Waals surface area contributed by atoms with Crippen LogP contribution in [-0.4, -0.2) is 10.8 Å². The lowest BCUT2D eigenvalue weighted by atomic mass is 10.0. The van der Waals surface area contributed by atoms with Gasteiger partial charge in [-0.2, -0.15) is 0 Å². The second-order valence-electron chi connectivity index (χ2n) is 4.15. The van der Waals surface area contributed by atoms with Crippen molar-refractivity contribution in [1.29, 1.82) is 0 Å². The van der Waals surface area contributed by atoms with Gasteiger partial charge in [-0.1, -0.05) is 49.2 Å². The number of rotatable bonds is 4. The summed E-state index contributed by atoms with van der Waals surface area (Å²) in [6.45, 7) is 2.14. The zero-order valence-corrected chi connectivity index (χ0v) is 10.9. The highest BCUT2D eigenvalue weighted by molar-refractivity contribution is 6.29. The normalized spacial score (nSPS) is 10.3. The van der Waals surface area contributed by atoms with Gasteiger partial charge < -0.3 is 0 Å². The van der Waals surface area contributed by atoms with Gasteiger partial charge in [0, 0.05) is 17.3 Å². The summed E-state index contributed by atoms with van der Waals surface area (Å²) in [5.41, 5.74) is 2.49. The maximum Gasteiger partial charge on any atom is 0.194 e. The molecular formula is C15H14ClNO. The van der Waals surface area contributed by atoms with Crippen molar-refractivity contribution in [3.8, 4) is 0 Å². The smallest absolute Gasteiger partial charge is 0.194 e. The molecule has 2 rings (SSSR count). The summed E-state index contributed by atoms with van der Waals surface area (Å²) in [5.74, 6) is -0.0257. The van der Waals surface area contributed by atoms with Gasteiger partial charge in [0.15, 0.2) is 5.78 Å². The summed E-state index contributed by atoms with van der Waals surface area (Å²) < 4.78 is 0. The monoisotopic (exact) mass is 259 g/mol. The molecule has 0 N–H and O–H groups in total. The first-order valence-electron chi connectivity index (χ1n) is 5.96. The van der Waals surface area contributed by atoms with E-state index in [9.17, 15) is 4.79 Å². The van der Waals surface area contributed by atoms with Crippen molar-refractivity contribution >= 4 is 17.4 Å². The fraction of sp³-hybridized carbons (Fsp3) is 0.200. The van der Waals surface area contributed by atoms with Crippen LogP contribution in [0.1, 0.15) is 34.8 Å². The Morgan fingerprint density at radius 2 is 1.78 bits per heavy atom. The largest absolute Gasteiger partial charge is 0.289 e. The van der Waals surface area contributed by atoms with Gasteiger partial charge in [-0.25, -0.2) is 4.98 Å². The van der Waals surface area contributed by atoms with Gasteiger partial charge in [-0.15, -0.1) is 0 Å². The predicted molar refractivity (Wildman–Crippen MR) is 73.1 cm³/mol. The molecule has 0 radical (unpaired) electrons. The lowest BCUT2D eigenvalue weighted by Gasteiger charge is -2.03. The van der Waals surface area contributed by atoms with Gasteiger partial charge in [0.05, 0.1) is 0 Å². The Morgan fingerprint density at radius 3 is 2.33 bits per heavy atom. The second-order valence-corrected chi connectivity index (χ2v) is 4.53. The molecule has 0 fully saturated rings. The number of hydrogen-bond acceptors (Lipinski definition) is 2. The first kappa shape index (κ1) is 12.8. The van der Waals surface area contributed by atoms with Crippen LogP contribution in [0.3, 0.4) is 0 Å². The summed E-state index contributed by atoms with van der Waals surface area (Å²) in [4.78, 5) is 16.1. The number of halogens is 1. The number of ketones is 1. The van der Waals surface area contributed by atoms with E-state index in [-0.39, 0.29) is 5.78 Å². The number of carbonyl (C=O) groups is 1. The number of pyridine rings is 1. The third kappa shape index (κ3) is 2.96. The Balaban J connectivity index is 2.20. The van der Waals surface area contributed by atoms with Gasteiger partial charge in [0.1, 0.15) is 5.15 Å². The molecule has 0 bridgehead atoms. The summed E-state index contributed by atoms with van der Waals surface area (Å²) >= 11 is 5.70. The Hall–Kier alpha value is -1.67. The van der Waals surface area contributed by atoms with Crippen LogP contribution in [0.25, 0.3) is 0 Å². The van der Waals surface area contributed by atoms with E-state index in [4.69, 9.17) is 11.6 Å². The molecule has 0 saturated carbocycles. The molecule has 0 aliphatic carbocycles. The van der Waals surface area contributed by atoms with Crippen LogP contribution < -0.4 is 0 Å². The van der Waals surface area contributed by atoms with Crippen molar-refractivity contribution in [3.05, 3.63) is 64.4 Å². The van der Waals surface area contributed by atoms with E-state index in [0.717, 1.165) is 12.8 Å². The minimum absolute atomic E-state index is 0.0257. The van der Waals surface area contributed by atoms with E-state index in [0.29, 0.717) is 16.3 Å². The molecule has 0 amide bonds. The molecule has 1 heterocycles. The molecule has 3 heteroatoms. The SMILES string of the molecule is CCCc1ccc(C(=O)c2ccc(Cl)nc2)cc1. The molecule has 0 unspecified atom stereocenters. The number of carbonyl (C=O) groups excluding carboxylic acids is 1. The van der Waals surface area contributed by atoms with Crippen LogP contribution in [0.5, 0.6) is 0 Å².